The summed E-state index contributed by atoms with van der Waals surface area (Å²) < 4.78 is 11.5. The summed E-state index contributed by atoms with van der Waals surface area (Å²) in [6.45, 7) is 0. The van der Waals surface area contributed by atoms with E-state index < -0.39 is 43.7 Å². The summed E-state index contributed by atoms with van der Waals surface area (Å²) in [6, 6.07) is 2.51. The monoisotopic (exact) mass is 274 g/mol. The Hall–Kier alpha value is -2.36. The molecule has 0 aliphatic heterocycles. The molecule has 10 heteroatoms. The van der Waals surface area contributed by atoms with Gasteiger partial charge in [0, 0.05) is 6.07 Å². The second-order valence-corrected chi connectivity index (χ2v) is 4.47. The van der Waals surface area contributed by atoms with Crippen molar-refractivity contribution in [3.05, 3.63) is 38.4 Å². The van der Waals surface area contributed by atoms with Crippen molar-refractivity contribution in [3.8, 4) is 0 Å². The smallest absolute Gasteiger partial charge is 0.316 e. The van der Waals surface area contributed by atoms with Crippen molar-refractivity contribution in [2.75, 3.05) is 5.75 Å². The number of rotatable bonds is 5. The molecular formula is C8H6N2O7S. The summed E-state index contributed by atoms with van der Waals surface area (Å²) in [5, 5.41) is 29.6. The van der Waals surface area contributed by atoms with Crippen LogP contribution in [0, 0.1) is 20.2 Å². The first-order chi connectivity index (χ1) is 8.32. The molecule has 18 heavy (non-hydrogen) atoms. The minimum atomic E-state index is -2.13. The molecule has 1 aromatic rings. The second kappa shape index (κ2) is 5.31. The van der Waals surface area contributed by atoms with Gasteiger partial charge in [-0.25, -0.2) is 0 Å². The van der Waals surface area contributed by atoms with Crippen LogP contribution in [0.1, 0.15) is 0 Å². The zero-order chi connectivity index (χ0) is 13.9. The fourth-order valence-corrected chi connectivity index (χ4v) is 2.11. The van der Waals surface area contributed by atoms with E-state index in [1.165, 1.54) is 0 Å². The summed E-state index contributed by atoms with van der Waals surface area (Å²) >= 11 is 0. The lowest BCUT2D eigenvalue weighted by Gasteiger charge is -2.01. The van der Waals surface area contributed by atoms with E-state index in [0.717, 1.165) is 12.1 Å². The Labute approximate surface area is 102 Å². The highest BCUT2D eigenvalue weighted by atomic mass is 32.2. The lowest BCUT2D eigenvalue weighted by Crippen LogP contribution is -2.10. The van der Waals surface area contributed by atoms with Gasteiger partial charge in [0.25, 0.3) is 11.4 Å². The molecule has 0 heterocycles. The van der Waals surface area contributed by atoms with Gasteiger partial charge in [0.2, 0.25) is 0 Å². The Morgan fingerprint density at radius 1 is 1.28 bits per heavy atom. The fraction of sp³-hybridized carbons (Fsp3) is 0.125. The SMILES string of the molecule is O=C(O)CS(=O)c1ccc([N+](=O)[O-])cc1[N+](=O)[O-]. The van der Waals surface area contributed by atoms with Crippen molar-refractivity contribution in [1.82, 2.24) is 0 Å². The van der Waals surface area contributed by atoms with Crippen LogP contribution in [0.4, 0.5) is 11.4 Å². The van der Waals surface area contributed by atoms with E-state index in [9.17, 15) is 29.2 Å². The lowest BCUT2D eigenvalue weighted by atomic mass is 10.3. The topological polar surface area (TPSA) is 141 Å². The van der Waals surface area contributed by atoms with Crippen molar-refractivity contribution in [2.45, 2.75) is 4.90 Å². The number of nitrogens with zero attached hydrogens (tertiary/aromatic N) is 2. The Morgan fingerprint density at radius 3 is 2.33 bits per heavy atom. The maximum Gasteiger partial charge on any atom is 0.316 e. The highest BCUT2D eigenvalue weighted by Gasteiger charge is 2.24. The summed E-state index contributed by atoms with van der Waals surface area (Å²) in [6.07, 6.45) is 0. The molecule has 1 rings (SSSR count). The fourth-order valence-electron chi connectivity index (χ4n) is 1.14. The average Bonchev–Trinajstić information content (AvgIpc) is 2.26. The van der Waals surface area contributed by atoms with Crippen molar-refractivity contribution < 1.29 is 24.0 Å². The van der Waals surface area contributed by atoms with Gasteiger partial charge in [-0.2, -0.15) is 0 Å². The van der Waals surface area contributed by atoms with Gasteiger partial charge in [-0.3, -0.25) is 29.2 Å². The molecule has 0 aliphatic carbocycles. The van der Waals surface area contributed by atoms with Gasteiger partial charge in [0.05, 0.1) is 26.7 Å². The molecule has 0 saturated heterocycles. The van der Waals surface area contributed by atoms with Gasteiger partial charge in [-0.15, -0.1) is 0 Å². The minimum absolute atomic E-state index is 0.354. The number of benzene rings is 1. The average molecular weight is 274 g/mol. The van der Waals surface area contributed by atoms with Crippen LogP contribution >= 0.6 is 0 Å². The van der Waals surface area contributed by atoms with Crippen molar-refractivity contribution in [1.29, 1.82) is 0 Å². The highest BCUT2D eigenvalue weighted by Crippen LogP contribution is 2.27. The van der Waals surface area contributed by atoms with Crippen LogP contribution in [0.3, 0.4) is 0 Å². The third-order valence-electron chi connectivity index (χ3n) is 1.85. The number of hydrogen-bond donors (Lipinski definition) is 1. The van der Waals surface area contributed by atoms with E-state index in [0.29, 0.717) is 6.07 Å². The maximum absolute atomic E-state index is 11.5. The van der Waals surface area contributed by atoms with Crippen LogP contribution in [0.2, 0.25) is 0 Å². The van der Waals surface area contributed by atoms with Crippen LogP contribution in [0.25, 0.3) is 0 Å². The lowest BCUT2D eigenvalue weighted by molar-refractivity contribution is -0.396. The molecular weight excluding hydrogens is 268 g/mol. The molecule has 0 amide bonds. The standard InChI is InChI=1S/C8H6N2O7S/c11-8(12)4-18(17)7-2-1-5(9(13)14)3-6(7)10(15)16/h1-3H,4H2,(H,11,12). The zero-order valence-electron chi connectivity index (χ0n) is 8.64. The molecule has 9 nitrogen and oxygen atoms in total. The number of nitro benzene ring substituents is 2. The molecule has 0 bridgehead atoms. The number of carbonyl (C=O) groups is 1. The van der Waals surface area contributed by atoms with Crippen LogP contribution in [0.5, 0.6) is 0 Å². The molecule has 0 radical (unpaired) electrons. The van der Waals surface area contributed by atoms with Crippen LogP contribution < -0.4 is 0 Å². The Bertz CT molecular complexity index is 556. The third kappa shape index (κ3) is 3.07. The molecule has 1 atom stereocenters. The number of non-ortho nitro benzene ring substituents is 1. The van der Waals surface area contributed by atoms with Crippen LogP contribution in [-0.4, -0.2) is 30.9 Å². The minimum Gasteiger partial charge on any atom is -0.481 e. The molecule has 1 N–H and O–H groups in total. The molecule has 96 valence electrons. The molecule has 0 fully saturated rings. The number of nitro groups is 2. The Kier molecular flexibility index (Phi) is 4.05. The van der Waals surface area contributed by atoms with Gasteiger partial charge in [0.1, 0.15) is 10.6 Å². The normalized spacial score (nSPS) is 11.8. The molecule has 1 unspecified atom stereocenters. The van der Waals surface area contributed by atoms with Gasteiger partial charge < -0.3 is 5.11 Å². The molecule has 1 aromatic carbocycles. The predicted octanol–water partition coefficient (Wildman–Crippen LogP) is 0.695. The molecule has 0 saturated carbocycles. The second-order valence-electron chi connectivity index (χ2n) is 3.05. The molecule has 0 aromatic heterocycles. The first-order valence-corrected chi connectivity index (χ1v) is 5.68. The summed E-state index contributed by atoms with van der Waals surface area (Å²) in [5.74, 6) is -2.19. The van der Waals surface area contributed by atoms with Gasteiger partial charge in [-0.05, 0) is 6.07 Å². The van der Waals surface area contributed by atoms with Crippen LogP contribution in [0.15, 0.2) is 23.1 Å². The third-order valence-corrected chi connectivity index (χ3v) is 3.19. The van der Waals surface area contributed by atoms with Crippen molar-refractivity contribution in [2.24, 2.45) is 0 Å². The zero-order valence-corrected chi connectivity index (χ0v) is 9.46. The van der Waals surface area contributed by atoms with Gasteiger partial charge in [0.15, 0.2) is 0 Å². The molecule has 0 spiro atoms. The number of carboxylic acid groups (broad SMARTS) is 1. The van der Waals surface area contributed by atoms with Gasteiger partial charge in [-0.1, -0.05) is 0 Å². The van der Waals surface area contributed by atoms with E-state index in [1.807, 2.05) is 0 Å². The number of hydrogen-bond acceptors (Lipinski definition) is 6. The predicted molar refractivity (Wildman–Crippen MR) is 58.7 cm³/mol. The summed E-state index contributed by atoms with van der Waals surface area (Å²) in [5.41, 5.74) is -1.26. The van der Waals surface area contributed by atoms with Crippen molar-refractivity contribution >= 4 is 28.1 Å². The van der Waals surface area contributed by atoms with Crippen molar-refractivity contribution in [3.63, 3.8) is 0 Å². The Morgan fingerprint density at radius 2 is 1.89 bits per heavy atom. The highest BCUT2D eigenvalue weighted by molar-refractivity contribution is 7.85. The quantitative estimate of drug-likeness (QED) is 0.615. The Balaban J connectivity index is 3.27. The number of aliphatic carboxylic acids is 1. The number of carboxylic acids is 1. The van der Waals surface area contributed by atoms with E-state index in [2.05, 4.69) is 0 Å². The van der Waals surface area contributed by atoms with E-state index in [1.54, 1.807) is 0 Å². The first-order valence-electron chi connectivity index (χ1n) is 4.36. The van der Waals surface area contributed by atoms with E-state index in [-0.39, 0.29) is 4.90 Å². The first kappa shape index (κ1) is 13.7. The van der Waals surface area contributed by atoms with E-state index >= 15 is 0 Å². The summed E-state index contributed by atoms with van der Waals surface area (Å²) in [7, 11) is -2.13. The van der Waals surface area contributed by atoms with Crippen LogP contribution in [-0.2, 0) is 15.6 Å². The summed E-state index contributed by atoms with van der Waals surface area (Å²) in [4.78, 5) is 29.4. The van der Waals surface area contributed by atoms with Gasteiger partial charge >= 0.3 is 5.97 Å². The van der Waals surface area contributed by atoms with E-state index in [4.69, 9.17) is 5.11 Å². The molecule has 0 aliphatic rings. The largest absolute Gasteiger partial charge is 0.481 e. The maximum atomic E-state index is 11.5.